The van der Waals surface area contributed by atoms with Crippen molar-refractivity contribution in [2.45, 2.75) is 20.4 Å². The molecule has 0 aliphatic carbocycles. The van der Waals surface area contributed by atoms with Gasteiger partial charge in [-0.1, -0.05) is 19.9 Å². The molecule has 0 saturated heterocycles. The zero-order chi connectivity index (χ0) is 14.8. The van der Waals surface area contributed by atoms with Crippen LogP contribution < -0.4 is 5.73 Å². The lowest BCUT2D eigenvalue weighted by molar-refractivity contribution is 0.292. The fourth-order valence-electron chi connectivity index (χ4n) is 2.53. The first-order valence-electron chi connectivity index (χ1n) is 7.25. The Morgan fingerprint density at radius 1 is 1.24 bits per heavy atom. The van der Waals surface area contributed by atoms with Gasteiger partial charge in [-0.15, -0.1) is 11.3 Å². The molecule has 0 radical (unpaired) electrons. The van der Waals surface area contributed by atoms with Crippen LogP contribution in [0.15, 0.2) is 35.8 Å². The summed E-state index contributed by atoms with van der Waals surface area (Å²) >= 11 is 1.73. The second-order valence-electron chi connectivity index (χ2n) is 5.04. The van der Waals surface area contributed by atoms with Crippen LogP contribution in [0.5, 0.6) is 0 Å². The highest BCUT2D eigenvalue weighted by atomic mass is 32.1. The van der Waals surface area contributed by atoms with Crippen molar-refractivity contribution in [3.63, 3.8) is 0 Å². The van der Waals surface area contributed by atoms with E-state index >= 15 is 0 Å². The van der Waals surface area contributed by atoms with E-state index in [9.17, 15) is 0 Å². The quantitative estimate of drug-likeness (QED) is 0.784. The molecule has 0 atom stereocenters. The first-order chi connectivity index (χ1) is 10.2. The maximum Gasteiger partial charge on any atom is 0.137 e. The molecule has 3 aromatic heterocycles. The topological polar surface area (TPSA) is 46.6 Å². The van der Waals surface area contributed by atoms with Crippen LogP contribution in [0.4, 0.5) is 5.69 Å². The number of aromatic nitrogens is 2. The first kappa shape index (κ1) is 14.1. The highest BCUT2D eigenvalue weighted by molar-refractivity contribution is 7.13. The zero-order valence-electron chi connectivity index (χ0n) is 12.4. The molecule has 0 amide bonds. The number of hydrogen-bond acceptors (Lipinski definition) is 4. The molecular formula is C16H20N4S. The molecule has 0 spiro atoms. The van der Waals surface area contributed by atoms with Gasteiger partial charge in [0.15, 0.2) is 0 Å². The molecule has 0 fully saturated rings. The van der Waals surface area contributed by atoms with Crippen molar-refractivity contribution in [1.82, 2.24) is 14.3 Å². The van der Waals surface area contributed by atoms with Gasteiger partial charge in [-0.05, 0) is 36.7 Å². The van der Waals surface area contributed by atoms with E-state index in [0.29, 0.717) is 0 Å². The van der Waals surface area contributed by atoms with Crippen molar-refractivity contribution in [2.75, 3.05) is 18.8 Å². The number of thiophene rings is 1. The van der Waals surface area contributed by atoms with E-state index in [4.69, 9.17) is 10.7 Å². The monoisotopic (exact) mass is 300 g/mol. The minimum absolute atomic E-state index is 0.762. The lowest BCUT2D eigenvalue weighted by Gasteiger charge is -2.18. The number of nitrogen functional groups attached to an aromatic ring is 1. The summed E-state index contributed by atoms with van der Waals surface area (Å²) in [4.78, 5) is 8.41. The lowest BCUT2D eigenvalue weighted by Crippen LogP contribution is -2.23. The molecule has 0 bridgehead atoms. The Bertz CT molecular complexity index is 726. The van der Waals surface area contributed by atoms with Gasteiger partial charge in [0, 0.05) is 18.4 Å². The number of pyridine rings is 1. The molecule has 0 aliphatic heterocycles. The van der Waals surface area contributed by atoms with Gasteiger partial charge in [-0.25, -0.2) is 4.98 Å². The number of hydrogen-bond donors (Lipinski definition) is 1. The molecule has 0 aromatic carbocycles. The summed E-state index contributed by atoms with van der Waals surface area (Å²) in [7, 11) is 0. The summed E-state index contributed by atoms with van der Waals surface area (Å²) in [6.45, 7) is 7.30. The second kappa shape index (κ2) is 5.87. The van der Waals surface area contributed by atoms with Gasteiger partial charge in [0.25, 0.3) is 0 Å². The van der Waals surface area contributed by atoms with Crippen LogP contribution in [0, 0.1) is 0 Å². The van der Waals surface area contributed by atoms with E-state index in [1.54, 1.807) is 11.3 Å². The molecule has 0 unspecified atom stereocenters. The average molecular weight is 300 g/mol. The van der Waals surface area contributed by atoms with Crippen LogP contribution in [-0.2, 0) is 6.54 Å². The SMILES string of the molecule is CCN(CC)Cc1c(-c2cccs2)nc2ccc(N)cn12. The Morgan fingerprint density at radius 2 is 2.05 bits per heavy atom. The van der Waals surface area contributed by atoms with E-state index in [1.165, 1.54) is 10.6 Å². The van der Waals surface area contributed by atoms with Gasteiger partial charge in [0.1, 0.15) is 11.3 Å². The normalized spacial score (nSPS) is 11.6. The standard InChI is InChI=1S/C16H20N4S/c1-3-19(4-2)11-13-16(14-6-5-9-21-14)18-15-8-7-12(17)10-20(13)15/h5-10H,3-4,11,17H2,1-2H3. The van der Waals surface area contributed by atoms with E-state index in [2.05, 4.69) is 40.7 Å². The summed E-state index contributed by atoms with van der Waals surface area (Å²) in [5, 5.41) is 2.09. The summed E-state index contributed by atoms with van der Waals surface area (Å²) in [6, 6.07) is 8.08. The minimum atomic E-state index is 0.762. The Balaban J connectivity index is 2.16. The Labute approximate surface area is 128 Å². The van der Waals surface area contributed by atoms with Crippen LogP contribution in [0.2, 0.25) is 0 Å². The van der Waals surface area contributed by atoms with Gasteiger partial charge in [0.05, 0.1) is 10.6 Å². The van der Waals surface area contributed by atoms with Gasteiger partial charge < -0.3 is 5.73 Å². The summed E-state index contributed by atoms with van der Waals surface area (Å²) in [5.74, 6) is 0. The summed E-state index contributed by atoms with van der Waals surface area (Å²) in [5.41, 5.74) is 9.96. The predicted molar refractivity (Wildman–Crippen MR) is 89.5 cm³/mol. The molecule has 0 aliphatic rings. The van der Waals surface area contributed by atoms with Gasteiger partial charge >= 0.3 is 0 Å². The van der Waals surface area contributed by atoms with E-state index in [-0.39, 0.29) is 0 Å². The largest absolute Gasteiger partial charge is 0.398 e. The van der Waals surface area contributed by atoms with Crippen molar-refractivity contribution in [1.29, 1.82) is 0 Å². The van der Waals surface area contributed by atoms with E-state index < -0.39 is 0 Å². The van der Waals surface area contributed by atoms with Crippen LogP contribution in [0.1, 0.15) is 19.5 Å². The number of imidazole rings is 1. The number of rotatable bonds is 5. The molecule has 3 heterocycles. The van der Waals surface area contributed by atoms with Gasteiger partial charge in [0.2, 0.25) is 0 Å². The maximum atomic E-state index is 5.96. The van der Waals surface area contributed by atoms with Gasteiger partial charge in [-0.2, -0.15) is 0 Å². The van der Waals surface area contributed by atoms with Crippen molar-refractivity contribution >= 4 is 22.7 Å². The fraction of sp³-hybridized carbons (Fsp3) is 0.312. The molecule has 3 aromatic rings. The molecule has 110 valence electrons. The molecule has 2 N–H and O–H groups in total. The number of fused-ring (bicyclic) bond motifs is 1. The third-order valence-corrected chi connectivity index (χ3v) is 4.64. The number of nitrogens with zero attached hydrogens (tertiary/aromatic N) is 3. The molecule has 3 rings (SSSR count). The Morgan fingerprint density at radius 3 is 2.71 bits per heavy atom. The molecule has 4 nitrogen and oxygen atoms in total. The second-order valence-corrected chi connectivity index (χ2v) is 5.98. The number of anilines is 1. The maximum absolute atomic E-state index is 5.96. The summed E-state index contributed by atoms with van der Waals surface area (Å²) < 4.78 is 2.13. The Kier molecular flexibility index (Phi) is 3.94. The molecule has 5 heteroatoms. The van der Waals surface area contributed by atoms with Gasteiger partial charge in [-0.3, -0.25) is 9.30 Å². The minimum Gasteiger partial charge on any atom is -0.398 e. The lowest BCUT2D eigenvalue weighted by atomic mass is 10.2. The number of nitrogens with two attached hydrogens (primary N) is 1. The van der Waals surface area contributed by atoms with Crippen LogP contribution in [-0.4, -0.2) is 27.4 Å². The summed E-state index contributed by atoms with van der Waals surface area (Å²) in [6.07, 6.45) is 1.97. The predicted octanol–water partition coefficient (Wildman–Crippen LogP) is 3.49. The average Bonchev–Trinajstić information content (AvgIpc) is 3.12. The van der Waals surface area contributed by atoms with Crippen molar-refractivity contribution in [2.24, 2.45) is 0 Å². The van der Waals surface area contributed by atoms with Crippen LogP contribution in [0.25, 0.3) is 16.2 Å². The van der Waals surface area contributed by atoms with Crippen molar-refractivity contribution in [3.8, 4) is 10.6 Å². The fourth-order valence-corrected chi connectivity index (χ4v) is 3.27. The van der Waals surface area contributed by atoms with Crippen molar-refractivity contribution < 1.29 is 0 Å². The van der Waals surface area contributed by atoms with Crippen LogP contribution >= 0.6 is 11.3 Å². The molecular weight excluding hydrogens is 280 g/mol. The first-order valence-corrected chi connectivity index (χ1v) is 8.13. The third-order valence-electron chi connectivity index (χ3n) is 3.76. The molecule has 21 heavy (non-hydrogen) atoms. The zero-order valence-corrected chi connectivity index (χ0v) is 13.2. The van der Waals surface area contributed by atoms with Crippen LogP contribution in [0.3, 0.4) is 0 Å². The third kappa shape index (κ3) is 2.66. The van der Waals surface area contributed by atoms with E-state index in [0.717, 1.165) is 36.7 Å². The van der Waals surface area contributed by atoms with E-state index in [1.807, 2.05) is 18.3 Å². The Hall–Kier alpha value is -1.85. The smallest absolute Gasteiger partial charge is 0.137 e. The van der Waals surface area contributed by atoms with Crippen molar-refractivity contribution in [3.05, 3.63) is 41.5 Å². The highest BCUT2D eigenvalue weighted by Crippen LogP contribution is 2.29. The molecule has 0 saturated carbocycles. The highest BCUT2D eigenvalue weighted by Gasteiger charge is 2.16.